The molecule has 1 aromatic carbocycles. The Bertz CT molecular complexity index is 887. The van der Waals surface area contributed by atoms with Crippen molar-refractivity contribution >= 4 is 5.91 Å². The van der Waals surface area contributed by atoms with Crippen LogP contribution >= 0.6 is 0 Å². The van der Waals surface area contributed by atoms with E-state index in [0.29, 0.717) is 22.9 Å². The smallest absolute Gasteiger partial charge is 0.251 e. The van der Waals surface area contributed by atoms with Crippen molar-refractivity contribution in [1.82, 2.24) is 10.2 Å². The number of hydrogen-bond acceptors (Lipinski definition) is 3. The van der Waals surface area contributed by atoms with Crippen molar-refractivity contribution in [2.24, 2.45) is 40.4 Å². The summed E-state index contributed by atoms with van der Waals surface area (Å²) in [5, 5.41) is 14.7. The van der Waals surface area contributed by atoms with Gasteiger partial charge in [-0.15, -0.1) is 0 Å². The molecule has 0 saturated heterocycles. The van der Waals surface area contributed by atoms with Crippen LogP contribution in [-0.4, -0.2) is 48.2 Å². The quantitative estimate of drug-likeness (QED) is 0.628. The summed E-state index contributed by atoms with van der Waals surface area (Å²) >= 11 is 0. The molecule has 4 saturated carbocycles. The van der Waals surface area contributed by atoms with E-state index in [0.717, 1.165) is 42.9 Å². The number of benzene rings is 1. The van der Waals surface area contributed by atoms with Gasteiger partial charge in [-0.25, -0.2) is 0 Å². The standard InChI is InChI=1S/C30H46N2O2/c1-19(32(4)5)22-13-14-23-21-11-12-25-27(33)26(31-28(34)20-9-7-6-8-10-20)16-18-30(25,3)24(21)15-17-29(22,23)2/h6-10,19,21-27,33H,11-18H2,1-5H3,(H,31,34)/t19-,21-,22+,23-,24-,25-,26-,27-,29+,30+/m0/s1. The van der Waals surface area contributed by atoms with Crippen LogP contribution in [0.2, 0.25) is 0 Å². The van der Waals surface area contributed by atoms with Gasteiger partial charge in [-0.3, -0.25) is 4.79 Å². The fourth-order valence-corrected chi connectivity index (χ4v) is 9.53. The molecule has 4 aliphatic rings. The number of nitrogens with one attached hydrogen (secondary N) is 1. The number of hydrogen-bond donors (Lipinski definition) is 2. The predicted octanol–water partition coefficient (Wildman–Crippen LogP) is 5.36. The number of amides is 1. The van der Waals surface area contributed by atoms with Crippen LogP contribution in [0.1, 0.15) is 82.5 Å². The van der Waals surface area contributed by atoms with Gasteiger partial charge in [0.1, 0.15) is 0 Å². The summed E-state index contributed by atoms with van der Waals surface area (Å²) in [6.07, 6.45) is 9.35. The lowest BCUT2D eigenvalue weighted by Crippen LogP contribution is -2.61. The lowest BCUT2D eigenvalue weighted by atomic mass is 9.44. The van der Waals surface area contributed by atoms with Crippen molar-refractivity contribution < 1.29 is 9.90 Å². The van der Waals surface area contributed by atoms with Gasteiger partial charge in [-0.05, 0) is 125 Å². The zero-order valence-corrected chi connectivity index (χ0v) is 22.0. The molecular formula is C30H46N2O2. The second-order valence-corrected chi connectivity index (χ2v) is 13.0. The van der Waals surface area contributed by atoms with Crippen LogP contribution in [0, 0.1) is 40.4 Å². The third kappa shape index (κ3) is 3.75. The molecule has 4 heteroatoms. The van der Waals surface area contributed by atoms with E-state index in [9.17, 15) is 9.90 Å². The van der Waals surface area contributed by atoms with Gasteiger partial charge >= 0.3 is 0 Å². The first-order chi connectivity index (χ1) is 16.2. The molecule has 0 spiro atoms. The van der Waals surface area contributed by atoms with Crippen molar-refractivity contribution in [2.45, 2.75) is 90.3 Å². The minimum Gasteiger partial charge on any atom is -0.391 e. The topological polar surface area (TPSA) is 52.6 Å². The summed E-state index contributed by atoms with van der Waals surface area (Å²) < 4.78 is 0. The Kier molecular flexibility index (Phi) is 6.38. The lowest BCUT2D eigenvalue weighted by molar-refractivity contribution is -0.152. The molecule has 0 heterocycles. The van der Waals surface area contributed by atoms with Gasteiger partial charge in [-0.2, -0.15) is 0 Å². The second kappa shape index (κ2) is 8.92. The molecule has 4 fully saturated rings. The van der Waals surface area contributed by atoms with E-state index in [1.165, 1.54) is 32.1 Å². The van der Waals surface area contributed by atoms with Crippen LogP contribution in [0.5, 0.6) is 0 Å². The number of aliphatic hydroxyl groups is 1. The Hall–Kier alpha value is -1.39. The maximum atomic E-state index is 12.8. The number of carbonyl (C=O) groups excluding carboxylic acids is 1. The fourth-order valence-electron chi connectivity index (χ4n) is 9.53. The average molecular weight is 467 g/mol. The summed E-state index contributed by atoms with van der Waals surface area (Å²) in [5.74, 6) is 3.41. The Balaban J connectivity index is 1.31. The van der Waals surface area contributed by atoms with E-state index in [1.54, 1.807) is 0 Å². The van der Waals surface area contributed by atoms with E-state index in [2.05, 4.69) is 45.1 Å². The van der Waals surface area contributed by atoms with Gasteiger partial charge in [0.15, 0.2) is 0 Å². The third-order valence-electron chi connectivity index (χ3n) is 11.6. The molecule has 0 aromatic heterocycles. The van der Waals surface area contributed by atoms with Crippen LogP contribution in [0.4, 0.5) is 0 Å². The number of fused-ring (bicyclic) bond motifs is 5. The van der Waals surface area contributed by atoms with Gasteiger partial charge in [0.05, 0.1) is 12.1 Å². The number of rotatable bonds is 4. The molecule has 34 heavy (non-hydrogen) atoms. The van der Waals surface area contributed by atoms with Crippen molar-refractivity contribution in [2.75, 3.05) is 14.1 Å². The van der Waals surface area contributed by atoms with E-state index >= 15 is 0 Å². The Labute approximate surface area is 206 Å². The molecule has 1 aromatic rings. The first-order valence-corrected chi connectivity index (χ1v) is 13.9. The highest BCUT2D eigenvalue weighted by atomic mass is 16.3. The normalized spacial score (nSPS) is 44.6. The third-order valence-corrected chi connectivity index (χ3v) is 11.6. The molecule has 1 amide bonds. The number of aliphatic hydroxyl groups excluding tert-OH is 1. The monoisotopic (exact) mass is 466 g/mol. The minimum atomic E-state index is -0.439. The zero-order chi connectivity index (χ0) is 24.3. The van der Waals surface area contributed by atoms with Crippen LogP contribution < -0.4 is 5.32 Å². The van der Waals surface area contributed by atoms with Crippen LogP contribution in [-0.2, 0) is 0 Å². The van der Waals surface area contributed by atoms with Crippen molar-refractivity contribution in [3.05, 3.63) is 35.9 Å². The summed E-state index contributed by atoms with van der Waals surface area (Å²) in [6.45, 7) is 7.54. The van der Waals surface area contributed by atoms with Crippen LogP contribution in [0.3, 0.4) is 0 Å². The molecule has 0 bridgehead atoms. The van der Waals surface area contributed by atoms with Crippen LogP contribution in [0.25, 0.3) is 0 Å². The SMILES string of the molecule is C[C@@H]([C@H]1CC[C@H]2[C@@H]3CC[C@H]4[C@H](O)[C@@H](NC(=O)c5ccccc5)CC[C@]4(C)[C@H]3CC[C@]12C)N(C)C. The maximum Gasteiger partial charge on any atom is 0.251 e. The zero-order valence-electron chi connectivity index (χ0n) is 22.0. The van der Waals surface area contributed by atoms with Gasteiger partial charge in [0.2, 0.25) is 0 Å². The van der Waals surface area contributed by atoms with Crippen molar-refractivity contribution in [3.63, 3.8) is 0 Å². The fraction of sp³-hybridized carbons (Fsp3) is 0.767. The number of carbonyl (C=O) groups is 1. The molecule has 5 rings (SSSR count). The summed E-state index contributed by atoms with van der Waals surface area (Å²) in [4.78, 5) is 15.2. The van der Waals surface area contributed by atoms with Gasteiger partial charge < -0.3 is 15.3 Å². The molecule has 0 unspecified atom stereocenters. The van der Waals surface area contributed by atoms with Crippen molar-refractivity contribution in [3.8, 4) is 0 Å². The molecule has 4 aliphatic carbocycles. The average Bonchev–Trinajstić information content (AvgIpc) is 3.18. The Morgan fingerprint density at radius 1 is 0.941 bits per heavy atom. The van der Waals surface area contributed by atoms with E-state index in [1.807, 2.05) is 30.3 Å². The molecule has 10 atom stereocenters. The Morgan fingerprint density at radius 3 is 2.29 bits per heavy atom. The summed E-state index contributed by atoms with van der Waals surface area (Å²) in [7, 11) is 4.49. The highest BCUT2D eigenvalue weighted by molar-refractivity contribution is 5.94. The Morgan fingerprint density at radius 2 is 1.59 bits per heavy atom. The first kappa shape index (κ1) is 24.3. The molecule has 4 nitrogen and oxygen atoms in total. The van der Waals surface area contributed by atoms with Crippen molar-refractivity contribution in [1.29, 1.82) is 0 Å². The lowest BCUT2D eigenvalue weighted by Gasteiger charge is -2.62. The predicted molar refractivity (Wildman–Crippen MR) is 137 cm³/mol. The molecule has 2 N–H and O–H groups in total. The second-order valence-electron chi connectivity index (χ2n) is 13.0. The highest BCUT2D eigenvalue weighted by Gasteiger charge is 2.62. The molecule has 0 aliphatic heterocycles. The van der Waals surface area contributed by atoms with E-state index in [4.69, 9.17) is 0 Å². The largest absolute Gasteiger partial charge is 0.391 e. The first-order valence-electron chi connectivity index (χ1n) is 13.9. The molecule has 188 valence electrons. The maximum absolute atomic E-state index is 12.8. The van der Waals surface area contributed by atoms with Gasteiger partial charge in [0, 0.05) is 11.6 Å². The molecule has 0 radical (unpaired) electrons. The summed E-state index contributed by atoms with van der Waals surface area (Å²) in [5.41, 5.74) is 1.34. The number of nitrogens with zero attached hydrogens (tertiary/aromatic N) is 1. The van der Waals surface area contributed by atoms with Crippen LogP contribution in [0.15, 0.2) is 30.3 Å². The summed E-state index contributed by atoms with van der Waals surface area (Å²) in [6, 6.07) is 9.94. The molecular weight excluding hydrogens is 420 g/mol. The highest BCUT2D eigenvalue weighted by Crippen LogP contribution is 2.67. The van der Waals surface area contributed by atoms with Gasteiger partial charge in [-0.1, -0.05) is 32.0 Å². The van der Waals surface area contributed by atoms with E-state index in [-0.39, 0.29) is 17.4 Å². The van der Waals surface area contributed by atoms with Gasteiger partial charge in [0.25, 0.3) is 5.91 Å². The van der Waals surface area contributed by atoms with E-state index < -0.39 is 6.10 Å². The minimum absolute atomic E-state index is 0.0534.